The summed E-state index contributed by atoms with van der Waals surface area (Å²) in [6, 6.07) is 4.21. The van der Waals surface area contributed by atoms with Crippen LogP contribution in [0.25, 0.3) is 10.9 Å². The van der Waals surface area contributed by atoms with E-state index in [-0.39, 0.29) is 34.5 Å². The first-order valence-electron chi connectivity index (χ1n) is 10.7. The third kappa shape index (κ3) is 4.72. The largest absolute Gasteiger partial charge is 0.449 e. The molecule has 0 spiro atoms. The molecule has 37 heavy (non-hydrogen) atoms. The number of hydrogen-bond acceptors (Lipinski definition) is 7. The van der Waals surface area contributed by atoms with Gasteiger partial charge in [0.05, 0.1) is 35.0 Å². The van der Waals surface area contributed by atoms with E-state index in [0.29, 0.717) is 28.9 Å². The van der Waals surface area contributed by atoms with Crippen molar-refractivity contribution in [2.75, 3.05) is 5.32 Å². The highest BCUT2D eigenvalue weighted by Gasteiger charge is 2.19. The molecule has 190 valence electrons. The Morgan fingerprint density at radius 2 is 1.76 bits per heavy atom. The van der Waals surface area contributed by atoms with Gasteiger partial charge in [-0.2, -0.15) is 10.1 Å². The first-order chi connectivity index (χ1) is 17.6. The first-order valence-corrected chi connectivity index (χ1v) is 11.1. The fourth-order valence-electron chi connectivity index (χ4n) is 3.79. The highest BCUT2D eigenvalue weighted by molar-refractivity contribution is 6.34. The number of benzene rings is 2. The quantitative estimate of drug-likeness (QED) is 0.334. The molecule has 5 rings (SSSR count). The van der Waals surface area contributed by atoms with Crippen LogP contribution >= 0.6 is 11.6 Å². The maximum Gasteiger partial charge on any atom is 0.355 e. The summed E-state index contributed by atoms with van der Waals surface area (Å²) in [5.41, 5.74) is -1.04. The van der Waals surface area contributed by atoms with Crippen molar-refractivity contribution in [3.8, 4) is 0 Å². The summed E-state index contributed by atoms with van der Waals surface area (Å²) in [6.45, 7) is 0.720. The van der Waals surface area contributed by atoms with Crippen LogP contribution in [0.2, 0.25) is 5.02 Å². The molecule has 0 aliphatic carbocycles. The second kappa shape index (κ2) is 9.24. The lowest BCUT2D eigenvalue weighted by atomic mass is 10.2. The Balaban J connectivity index is 1.64. The molecule has 0 atom stereocenters. The van der Waals surface area contributed by atoms with E-state index in [2.05, 4.69) is 20.4 Å². The van der Waals surface area contributed by atoms with Gasteiger partial charge in [0, 0.05) is 37.2 Å². The minimum absolute atomic E-state index is 0.202. The van der Waals surface area contributed by atoms with Crippen LogP contribution in [-0.2, 0) is 20.1 Å². The van der Waals surface area contributed by atoms with Gasteiger partial charge in [-0.3, -0.25) is 9.25 Å². The number of aromatic nitrogens is 6. The number of halogens is 4. The van der Waals surface area contributed by atoms with Crippen molar-refractivity contribution in [2.45, 2.75) is 20.0 Å². The normalized spacial score (nSPS) is 11.4. The molecule has 0 unspecified atom stereocenters. The molecule has 3 aromatic heterocycles. The summed E-state index contributed by atoms with van der Waals surface area (Å²) in [7, 11) is 1.73. The maximum atomic E-state index is 14.5. The fraction of sp³-hybridized carbons (Fsp3) is 0.174. The number of fused-ring (bicyclic) bond motifs is 1. The Kier molecular flexibility index (Phi) is 6.07. The van der Waals surface area contributed by atoms with Gasteiger partial charge >= 0.3 is 11.4 Å². The van der Waals surface area contributed by atoms with Gasteiger partial charge in [-0.15, -0.1) is 0 Å². The van der Waals surface area contributed by atoms with Gasteiger partial charge in [0.25, 0.3) is 0 Å². The molecule has 1 N–H and O–H groups in total. The molecule has 0 radical (unpaired) electrons. The minimum Gasteiger partial charge on any atom is -0.449 e. The maximum absolute atomic E-state index is 14.5. The van der Waals surface area contributed by atoms with Crippen molar-refractivity contribution in [2.24, 2.45) is 7.05 Å². The molecule has 2 aromatic carbocycles. The smallest absolute Gasteiger partial charge is 0.355 e. The summed E-state index contributed by atoms with van der Waals surface area (Å²) in [5, 5.41) is 7.99. The van der Waals surface area contributed by atoms with Crippen molar-refractivity contribution in [3.05, 3.63) is 97.3 Å². The van der Waals surface area contributed by atoms with Crippen LogP contribution in [0.3, 0.4) is 0 Å². The fourth-order valence-corrected chi connectivity index (χ4v) is 3.99. The van der Waals surface area contributed by atoms with Crippen molar-refractivity contribution < 1.29 is 17.6 Å². The number of oxazole rings is 1. The topological polar surface area (TPSA) is 113 Å². The molecular formula is C23H17ClF3N7O3. The van der Waals surface area contributed by atoms with Gasteiger partial charge in [-0.1, -0.05) is 11.6 Å². The Labute approximate surface area is 210 Å². The number of nitrogens with zero attached hydrogens (tertiary/aromatic N) is 6. The minimum atomic E-state index is -1.38. The summed E-state index contributed by atoms with van der Waals surface area (Å²) >= 11 is 6.38. The van der Waals surface area contributed by atoms with Crippen LogP contribution in [0.4, 0.5) is 24.8 Å². The first kappa shape index (κ1) is 24.3. The van der Waals surface area contributed by atoms with E-state index in [9.17, 15) is 22.8 Å². The lowest BCUT2D eigenvalue weighted by molar-refractivity contribution is 0.485. The van der Waals surface area contributed by atoms with Crippen LogP contribution in [-0.4, -0.2) is 28.9 Å². The molecule has 3 heterocycles. The monoisotopic (exact) mass is 531 g/mol. The van der Waals surface area contributed by atoms with Crippen LogP contribution in [0, 0.1) is 24.4 Å². The van der Waals surface area contributed by atoms with Crippen LogP contribution in [0.1, 0.15) is 17.1 Å². The van der Waals surface area contributed by atoms with Gasteiger partial charge in [0.2, 0.25) is 5.95 Å². The molecule has 10 nitrogen and oxygen atoms in total. The van der Waals surface area contributed by atoms with Crippen LogP contribution < -0.4 is 16.7 Å². The summed E-state index contributed by atoms with van der Waals surface area (Å²) in [5.74, 6) is -3.75. The second-order valence-corrected chi connectivity index (χ2v) is 8.61. The van der Waals surface area contributed by atoms with E-state index < -0.39 is 35.4 Å². The SMILES string of the molecule is Cc1nc(Cn2c(=O)nc(Nc3cc4cn(C)nc4cc3Cl)n(Cc3cc(F)c(F)cc3F)c2=O)co1. The van der Waals surface area contributed by atoms with E-state index >= 15 is 0 Å². The van der Waals surface area contributed by atoms with Gasteiger partial charge < -0.3 is 9.73 Å². The molecular weight excluding hydrogens is 515 g/mol. The number of hydrogen-bond donors (Lipinski definition) is 1. The Morgan fingerprint density at radius 3 is 2.49 bits per heavy atom. The Hall–Kier alpha value is -4.39. The number of aryl methyl sites for hydroxylation is 2. The number of anilines is 2. The van der Waals surface area contributed by atoms with E-state index in [0.717, 1.165) is 9.13 Å². The molecule has 0 aliphatic heterocycles. The molecule has 0 amide bonds. The van der Waals surface area contributed by atoms with Gasteiger partial charge in [-0.25, -0.2) is 32.3 Å². The average Bonchev–Trinajstić information content (AvgIpc) is 3.40. The third-order valence-electron chi connectivity index (χ3n) is 5.51. The van der Waals surface area contributed by atoms with Gasteiger partial charge in [0.15, 0.2) is 17.5 Å². The molecule has 0 aliphatic rings. The zero-order valence-electron chi connectivity index (χ0n) is 19.3. The molecule has 0 saturated carbocycles. The second-order valence-electron chi connectivity index (χ2n) is 8.21. The molecule has 14 heteroatoms. The predicted octanol–water partition coefficient (Wildman–Crippen LogP) is 3.50. The summed E-state index contributed by atoms with van der Waals surface area (Å²) < 4.78 is 50.2. The van der Waals surface area contributed by atoms with Crippen LogP contribution in [0.5, 0.6) is 0 Å². The molecule has 0 bridgehead atoms. The van der Waals surface area contributed by atoms with Crippen molar-refractivity contribution in [3.63, 3.8) is 0 Å². The highest BCUT2D eigenvalue weighted by Crippen LogP contribution is 2.29. The van der Waals surface area contributed by atoms with Crippen molar-refractivity contribution in [1.82, 2.24) is 28.9 Å². The highest BCUT2D eigenvalue weighted by atomic mass is 35.5. The Bertz CT molecular complexity index is 1790. The number of nitrogens with one attached hydrogen (secondary N) is 1. The van der Waals surface area contributed by atoms with E-state index in [1.165, 1.54) is 6.26 Å². The molecule has 0 fully saturated rings. The van der Waals surface area contributed by atoms with Gasteiger partial charge in [0.1, 0.15) is 12.1 Å². The lowest BCUT2D eigenvalue weighted by Crippen LogP contribution is -2.43. The standard InChI is InChI=1S/C23H17ClF3N7O3/c1-11-28-14(10-37-11)9-34-22(35)30-21(29-20-4-13-7-32(2)31-19(13)5-15(20)24)33(23(34)36)8-12-3-17(26)18(27)6-16(12)25/h3-7,10H,8-9H2,1-2H3,(H,29,30,35). The van der Waals surface area contributed by atoms with Crippen LogP contribution in [0.15, 0.2) is 50.7 Å². The predicted molar refractivity (Wildman–Crippen MR) is 128 cm³/mol. The third-order valence-corrected chi connectivity index (χ3v) is 5.82. The number of rotatable bonds is 6. The Morgan fingerprint density at radius 1 is 1.00 bits per heavy atom. The van der Waals surface area contributed by atoms with E-state index in [1.54, 1.807) is 37.0 Å². The molecule has 0 saturated heterocycles. The summed E-state index contributed by atoms with van der Waals surface area (Å²) in [6.07, 6.45) is 3.00. The zero-order chi connectivity index (χ0) is 26.4. The van der Waals surface area contributed by atoms with Gasteiger partial charge in [-0.05, 0) is 18.2 Å². The lowest BCUT2D eigenvalue weighted by Gasteiger charge is -2.16. The van der Waals surface area contributed by atoms with E-state index in [4.69, 9.17) is 16.0 Å². The average molecular weight is 532 g/mol. The van der Waals surface area contributed by atoms with E-state index in [1.807, 2.05) is 0 Å². The zero-order valence-corrected chi connectivity index (χ0v) is 20.1. The molecule has 5 aromatic rings. The van der Waals surface area contributed by atoms with Crippen molar-refractivity contribution >= 4 is 34.1 Å². The summed E-state index contributed by atoms with van der Waals surface area (Å²) in [4.78, 5) is 34.3. The van der Waals surface area contributed by atoms with Crippen molar-refractivity contribution in [1.29, 1.82) is 0 Å².